The Bertz CT molecular complexity index is 939. The maximum absolute atomic E-state index is 11.6. The summed E-state index contributed by atoms with van der Waals surface area (Å²) in [6.07, 6.45) is 0.279. The Labute approximate surface area is 164 Å². The van der Waals surface area contributed by atoms with Gasteiger partial charge in [-0.3, -0.25) is 9.78 Å². The van der Waals surface area contributed by atoms with E-state index in [2.05, 4.69) is 10.3 Å². The first kappa shape index (κ1) is 18.9. The first-order chi connectivity index (χ1) is 13.0. The topological polar surface area (TPSA) is 51.2 Å². The van der Waals surface area contributed by atoms with Gasteiger partial charge in [0.2, 0.25) is 0 Å². The Morgan fingerprint density at radius 1 is 1.07 bits per heavy atom. The summed E-state index contributed by atoms with van der Waals surface area (Å²) in [4.78, 5) is 16.2. The predicted octanol–water partition coefficient (Wildman–Crippen LogP) is 5.56. The number of esters is 1. The molecule has 0 amide bonds. The monoisotopic (exact) mass is 380 g/mol. The number of ether oxygens (including phenoxy) is 1. The highest BCUT2D eigenvalue weighted by Crippen LogP contribution is 2.26. The molecule has 2 aromatic carbocycles. The van der Waals surface area contributed by atoms with Crippen molar-refractivity contribution in [3.05, 3.63) is 76.9 Å². The van der Waals surface area contributed by atoms with Gasteiger partial charge in [-0.15, -0.1) is 0 Å². The summed E-state index contributed by atoms with van der Waals surface area (Å²) < 4.78 is 4.98. The van der Waals surface area contributed by atoms with Gasteiger partial charge in [-0.1, -0.05) is 35.9 Å². The SMILES string of the molecule is CCOC(=O)Cc1ccc(Nc2cc(C)nc(-c3cccc(Cl)c3)c2)cc1. The quantitative estimate of drug-likeness (QED) is 0.569. The van der Waals surface area contributed by atoms with Gasteiger partial charge in [0.25, 0.3) is 0 Å². The predicted molar refractivity (Wildman–Crippen MR) is 109 cm³/mol. The van der Waals surface area contributed by atoms with Crippen molar-refractivity contribution in [3.8, 4) is 11.3 Å². The van der Waals surface area contributed by atoms with E-state index in [1.54, 1.807) is 6.92 Å². The third kappa shape index (κ3) is 5.31. The highest BCUT2D eigenvalue weighted by molar-refractivity contribution is 6.30. The van der Waals surface area contributed by atoms with E-state index in [1.807, 2.05) is 67.6 Å². The molecule has 3 rings (SSSR count). The molecule has 0 radical (unpaired) electrons. The lowest BCUT2D eigenvalue weighted by molar-refractivity contribution is -0.142. The molecule has 0 aliphatic carbocycles. The van der Waals surface area contributed by atoms with Crippen LogP contribution >= 0.6 is 11.6 Å². The normalized spacial score (nSPS) is 10.5. The maximum Gasteiger partial charge on any atom is 0.310 e. The lowest BCUT2D eigenvalue weighted by atomic mass is 10.1. The molecule has 5 heteroatoms. The van der Waals surface area contributed by atoms with Crippen LogP contribution in [-0.4, -0.2) is 17.6 Å². The van der Waals surface area contributed by atoms with Crippen molar-refractivity contribution in [2.75, 3.05) is 11.9 Å². The molecule has 0 aliphatic heterocycles. The number of halogens is 1. The molecule has 0 saturated heterocycles. The fraction of sp³-hybridized carbons (Fsp3) is 0.182. The van der Waals surface area contributed by atoms with Crippen molar-refractivity contribution in [2.24, 2.45) is 0 Å². The van der Waals surface area contributed by atoms with E-state index in [9.17, 15) is 4.79 Å². The minimum atomic E-state index is -0.214. The maximum atomic E-state index is 11.6. The lowest BCUT2D eigenvalue weighted by Gasteiger charge is -2.11. The zero-order valence-electron chi connectivity index (χ0n) is 15.3. The minimum absolute atomic E-state index is 0.214. The molecular weight excluding hydrogens is 360 g/mol. The number of hydrogen-bond donors (Lipinski definition) is 1. The standard InChI is InChI=1S/C22H21ClN2O2/c1-3-27-22(26)12-16-7-9-19(10-8-16)25-20-11-15(2)24-21(14-20)17-5-4-6-18(23)13-17/h4-11,13-14H,3,12H2,1-2H3,(H,24,25). The summed E-state index contributed by atoms with van der Waals surface area (Å²) in [7, 11) is 0. The first-order valence-corrected chi connectivity index (χ1v) is 9.17. The van der Waals surface area contributed by atoms with E-state index in [-0.39, 0.29) is 12.4 Å². The Morgan fingerprint density at radius 3 is 2.56 bits per heavy atom. The molecule has 0 saturated carbocycles. The number of carbonyl (C=O) groups is 1. The molecule has 1 heterocycles. The van der Waals surface area contributed by atoms with Gasteiger partial charge in [-0.25, -0.2) is 0 Å². The van der Waals surface area contributed by atoms with Crippen molar-refractivity contribution in [3.63, 3.8) is 0 Å². The van der Waals surface area contributed by atoms with Crippen LogP contribution in [0.25, 0.3) is 11.3 Å². The van der Waals surface area contributed by atoms with Crippen molar-refractivity contribution >= 4 is 28.9 Å². The van der Waals surface area contributed by atoms with Crippen molar-refractivity contribution < 1.29 is 9.53 Å². The molecule has 0 fully saturated rings. The smallest absolute Gasteiger partial charge is 0.310 e. The molecule has 27 heavy (non-hydrogen) atoms. The molecular formula is C22H21ClN2O2. The number of carbonyl (C=O) groups excluding carboxylic acids is 1. The summed E-state index contributed by atoms with van der Waals surface area (Å²) in [5.74, 6) is -0.214. The van der Waals surface area contributed by atoms with Crippen LogP contribution in [-0.2, 0) is 16.0 Å². The third-order valence-corrected chi connectivity index (χ3v) is 4.21. The van der Waals surface area contributed by atoms with Crippen LogP contribution < -0.4 is 5.32 Å². The summed E-state index contributed by atoms with van der Waals surface area (Å²) >= 11 is 6.10. The lowest BCUT2D eigenvalue weighted by Crippen LogP contribution is -2.07. The second-order valence-electron chi connectivity index (χ2n) is 6.20. The van der Waals surface area contributed by atoms with E-state index >= 15 is 0 Å². The van der Waals surface area contributed by atoms with Gasteiger partial charge in [0.05, 0.1) is 18.7 Å². The van der Waals surface area contributed by atoms with Crippen LogP contribution in [0.1, 0.15) is 18.2 Å². The van der Waals surface area contributed by atoms with Gasteiger partial charge >= 0.3 is 5.97 Å². The van der Waals surface area contributed by atoms with Gasteiger partial charge in [0.15, 0.2) is 0 Å². The Balaban J connectivity index is 1.76. The van der Waals surface area contributed by atoms with Gasteiger partial charge in [0, 0.05) is 27.7 Å². The molecule has 0 atom stereocenters. The van der Waals surface area contributed by atoms with E-state index in [4.69, 9.17) is 16.3 Å². The van der Waals surface area contributed by atoms with Gasteiger partial charge in [-0.05, 0) is 55.8 Å². The number of anilines is 2. The molecule has 0 unspecified atom stereocenters. The number of nitrogens with one attached hydrogen (secondary N) is 1. The third-order valence-electron chi connectivity index (χ3n) is 3.97. The molecule has 3 aromatic rings. The number of aromatic nitrogens is 1. The number of nitrogens with zero attached hydrogens (tertiary/aromatic N) is 1. The largest absolute Gasteiger partial charge is 0.466 e. The fourth-order valence-electron chi connectivity index (χ4n) is 2.79. The van der Waals surface area contributed by atoms with Crippen LogP contribution in [0, 0.1) is 6.92 Å². The van der Waals surface area contributed by atoms with E-state index in [0.29, 0.717) is 11.6 Å². The zero-order chi connectivity index (χ0) is 19.2. The van der Waals surface area contributed by atoms with Crippen molar-refractivity contribution in [1.29, 1.82) is 0 Å². The van der Waals surface area contributed by atoms with Crippen LogP contribution in [0.2, 0.25) is 5.02 Å². The number of pyridine rings is 1. The first-order valence-electron chi connectivity index (χ1n) is 8.79. The fourth-order valence-corrected chi connectivity index (χ4v) is 2.98. The molecule has 138 valence electrons. The number of aryl methyl sites for hydroxylation is 1. The van der Waals surface area contributed by atoms with Crippen molar-refractivity contribution in [2.45, 2.75) is 20.3 Å². The second kappa shape index (κ2) is 8.69. The molecule has 0 aliphatic rings. The summed E-state index contributed by atoms with van der Waals surface area (Å²) in [5.41, 5.74) is 5.54. The van der Waals surface area contributed by atoms with Crippen LogP contribution in [0.5, 0.6) is 0 Å². The van der Waals surface area contributed by atoms with E-state index < -0.39 is 0 Å². The van der Waals surface area contributed by atoms with E-state index in [1.165, 1.54) is 0 Å². The van der Waals surface area contributed by atoms with Crippen LogP contribution in [0.4, 0.5) is 11.4 Å². The Kier molecular flexibility index (Phi) is 6.09. The van der Waals surface area contributed by atoms with Crippen LogP contribution in [0.3, 0.4) is 0 Å². The van der Waals surface area contributed by atoms with Gasteiger partial charge in [-0.2, -0.15) is 0 Å². The molecule has 0 bridgehead atoms. The number of benzene rings is 2. The zero-order valence-corrected chi connectivity index (χ0v) is 16.1. The summed E-state index contributed by atoms with van der Waals surface area (Å²) in [6.45, 7) is 4.16. The molecule has 1 aromatic heterocycles. The average Bonchev–Trinajstić information content (AvgIpc) is 2.63. The minimum Gasteiger partial charge on any atom is -0.466 e. The molecule has 0 spiro atoms. The van der Waals surface area contributed by atoms with Gasteiger partial charge in [0.1, 0.15) is 0 Å². The van der Waals surface area contributed by atoms with Crippen molar-refractivity contribution in [1.82, 2.24) is 4.98 Å². The highest BCUT2D eigenvalue weighted by atomic mass is 35.5. The summed E-state index contributed by atoms with van der Waals surface area (Å²) in [6, 6.07) is 19.4. The van der Waals surface area contributed by atoms with E-state index in [0.717, 1.165) is 33.9 Å². The molecule has 1 N–H and O–H groups in total. The second-order valence-corrected chi connectivity index (χ2v) is 6.63. The van der Waals surface area contributed by atoms with Gasteiger partial charge < -0.3 is 10.1 Å². The molecule has 4 nitrogen and oxygen atoms in total. The summed E-state index contributed by atoms with van der Waals surface area (Å²) in [5, 5.41) is 4.07. The highest BCUT2D eigenvalue weighted by Gasteiger charge is 2.06. The Morgan fingerprint density at radius 2 is 1.85 bits per heavy atom. The van der Waals surface area contributed by atoms with Crippen LogP contribution in [0.15, 0.2) is 60.7 Å². The number of rotatable bonds is 6. The Hall–Kier alpha value is -2.85. The number of hydrogen-bond acceptors (Lipinski definition) is 4. The average molecular weight is 381 g/mol.